The number of carbonyl (C=O) groups is 1. The third-order valence-corrected chi connectivity index (χ3v) is 2.65. The summed E-state index contributed by atoms with van der Waals surface area (Å²) in [6.07, 6.45) is -0.602. The Balaban J connectivity index is 2.42. The molecule has 0 saturated carbocycles. The van der Waals surface area contributed by atoms with Crippen LogP contribution in [0.2, 0.25) is 0 Å². The van der Waals surface area contributed by atoms with Crippen molar-refractivity contribution < 1.29 is 19.4 Å². The van der Waals surface area contributed by atoms with Gasteiger partial charge in [-0.05, 0) is 19.2 Å². The van der Waals surface area contributed by atoms with E-state index in [4.69, 9.17) is 9.47 Å². The van der Waals surface area contributed by atoms with E-state index in [1.165, 1.54) is 7.11 Å². The highest BCUT2D eigenvalue weighted by molar-refractivity contribution is 5.92. The molecule has 0 aliphatic heterocycles. The number of nitrogens with zero attached hydrogens (tertiary/aromatic N) is 1. The fourth-order valence-corrected chi connectivity index (χ4v) is 1.82. The van der Waals surface area contributed by atoms with Crippen LogP contribution in [0.15, 0.2) is 24.3 Å². The van der Waals surface area contributed by atoms with E-state index >= 15 is 0 Å². The van der Waals surface area contributed by atoms with Gasteiger partial charge in [-0.1, -0.05) is 6.07 Å². The quantitative estimate of drug-likeness (QED) is 0.729. The van der Waals surface area contributed by atoms with Gasteiger partial charge in [-0.2, -0.15) is 0 Å². The van der Waals surface area contributed by atoms with E-state index in [2.05, 4.69) is 5.32 Å². The van der Waals surface area contributed by atoms with Crippen molar-refractivity contribution in [1.29, 1.82) is 0 Å². The van der Waals surface area contributed by atoms with Crippen molar-refractivity contribution >= 4 is 11.6 Å². The Hall–Kier alpha value is -1.63. The number of amides is 1. The maximum Gasteiger partial charge on any atom is 0.238 e. The summed E-state index contributed by atoms with van der Waals surface area (Å²) < 4.78 is 9.93. The van der Waals surface area contributed by atoms with Gasteiger partial charge in [0, 0.05) is 25.4 Å². The summed E-state index contributed by atoms with van der Waals surface area (Å²) in [5.41, 5.74) is 0.681. The van der Waals surface area contributed by atoms with Crippen molar-refractivity contribution in [3.63, 3.8) is 0 Å². The van der Waals surface area contributed by atoms with Crippen molar-refractivity contribution in [2.75, 3.05) is 46.3 Å². The lowest BCUT2D eigenvalue weighted by Gasteiger charge is -2.19. The molecule has 0 aromatic heterocycles. The van der Waals surface area contributed by atoms with E-state index in [1.54, 1.807) is 37.3 Å². The largest absolute Gasteiger partial charge is 0.497 e. The zero-order valence-corrected chi connectivity index (χ0v) is 12.1. The number of methoxy groups -OCH3 is 2. The molecule has 1 unspecified atom stereocenters. The van der Waals surface area contributed by atoms with Gasteiger partial charge in [-0.25, -0.2) is 0 Å². The number of hydrogen-bond donors (Lipinski definition) is 2. The van der Waals surface area contributed by atoms with Gasteiger partial charge in [0.2, 0.25) is 5.91 Å². The van der Waals surface area contributed by atoms with Gasteiger partial charge in [-0.15, -0.1) is 0 Å². The molecule has 0 radical (unpaired) electrons. The Kier molecular flexibility index (Phi) is 7.00. The fourth-order valence-electron chi connectivity index (χ4n) is 1.82. The van der Waals surface area contributed by atoms with Crippen LogP contribution in [-0.4, -0.2) is 63.0 Å². The second-order valence-corrected chi connectivity index (χ2v) is 4.59. The summed E-state index contributed by atoms with van der Waals surface area (Å²) in [6.45, 7) is 0.819. The van der Waals surface area contributed by atoms with Crippen LogP contribution >= 0.6 is 0 Å². The molecular formula is C14H22N2O4. The number of rotatable bonds is 8. The van der Waals surface area contributed by atoms with Crippen molar-refractivity contribution in [1.82, 2.24) is 4.90 Å². The maximum atomic E-state index is 11.9. The minimum atomic E-state index is -0.602. The van der Waals surface area contributed by atoms with Crippen LogP contribution in [0.4, 0.5) is 5.69 Å². The van der Waals surface area contributed by atoms with Crippen molar-refractivity contribution in [3.8, 4) is 5.75 Å². The number of anilines is 1. The third-order valence-electron chi connectivity index (χ3n) is 2.65. The number of aliphatic hydroxyl groups excluding tert-OH is 1. The fraction of sp³-hybridized carbons (Fsp3) is 0.500. The molecule has 0 spiro atoms. The Morgan fingerprint density at radius 1 is 1.45 bits per heavy atom. The van der Waals surface area contributed by atoms with Crippen molar-refractivity contribution in [2.45, 2.75) is 6.10 Å². The average molecular weight is 282 g/mol. The topological polar surface area (TPSA) is 71.0 Å². The van der Waals surface area contributed by atoms with Crippen LogP contribution in [0.5, 0.6) is 5.75 Å². The minimum Gasteiger partial charge on any atom is -0.497 e. The maximum absolute atomic E-state index is 11.9. The molecule has 2 N–H and O–H groups in total. The lowest BCUT2D eigenvalue weighted by molar-refractivity contribution is -0.117. The molecule has 0 bridgehead atoms. The zero-order valence-electron chi connectivity index (χ0n) is 12.1. The first-order valence-corrected chi connectivity index (χ1v) is 6.34. The summed E-state index contributed by atoms with van der Waals surface area (Å²) in [5, 5.41) is 12.4. The van der Waals surface area contributed by atoms with Crippen molar-refractivity contribution in [2.24, 2.45) is 0 Å². The summed E-state index contributed by atoms with van der Waals surface area (Å²) in [7, 11) is 4.87. The third kappa shape index (κ3) is 6.01. The SMILES string of the molecule is COCC(O)CN(C)CC(=O)Nc1cccc(OC)c1. The van der Waals surface area contributed by atoms with Gasteiger partial charge >= 0.3 is 0 Å². The summed E-state index contributed by atoms with van der Waals surface area (Å²) >= 11 is 0. The Labute approximate surface area is 119 Å². The van der Waals surface area contributed by atoms with E-state index < -0.39 is 6.10 Å². The number of likely N-dealkylation sites (N-methyl/N-ethyl adjacent to an activating group) is 1. The van der Waals surface area contributed by atoms with E-state index in [0.717, 1.165) is 0 Å². The molecular weight excluding hydrogens is 260 g/mol. The van der Waals surface area contributed by atoms with Gasteiger partial charge in [-0.3, -0.25) is 9.69 Å². The summed E-state index contributed by atoms with van der Waals surface area (Å²) in [5.74, 6) is 0.539. The molecule has 1 aromatic carbocycles. The van der Waals surface area contributed by atoms with Crippen molar-refractivity contribution in [3.05, 3.63) is 24.3 Å². The predicted molar refractivity (Wildman–Crippen MR) is 77.0 cm³/mol. The van der Waals surface area contributed by atoms with Gasteiger partial charge < -0.3 is 19.9 Å². The average Bonchev–Trinajstić information content (AvgIpc) is 2.38. The molecule has 6 nitrogen and oxygen atoms in total. The summed E-state index contributed by atoms with van der Waals surface area (Å²) in [6, 6.07) is 7.15. The molecule has 6 heteroatoms. The van der Waals surface area contributed by atoms with Gasteiger partial charge in [0.15, 0.2) is 0 Å². The molecule has 0 saturated heterocycles. The number of benzene rings is 1. The van der Waals surface area contributed by atoms with Crippen LogP contribution in [0, 0.1) is 0 Å². The highest BCUT2D eigenvalue weighted by Crippen LogP contribution is 2.16. The number of ether oxygens (including phenoxy) is 2. The summed E-state index contributed by atoms with van der Waals surface area (Å²) in [4.78, 5) is 13.6. The highest BCUT2D eigenvalue weighted by atomic mass is 16.5. The minimum absolute atomic E-state index is 0.148. The molecule has 1 amide bonds. The van der Waals surface area contributed by atoms with E-state index in [1.807, 2.05) is 6.07 Å². The number of aliphatic hydroxyl groups is 1. The van der Waals surface area contributed by atoms with Gasteiger partial charge in [0.1, 0.15) is 5.75 Å². The van der Waals surface area contributed by atoms with E-state index in [0.29, 0.717) is 18.0 Å². The molecule has 1 rings (SSSR count). The van der Waals surface area contributed by atoms with Crippen LogP contribution in [-0.2, 0) is 9.53 Å². The predicted octanol–water partition coefficient (Wildman–Crippen LogP) is 0.573. The monoisotopic (exact) mass is 282 g/mol. The first-order valence-electron chi connectivity index (χ1n) is 6.34. The first kappa shape index (κ1) is 16.4. The smallest absolute Gasteiger partial charge is 0.238 e. The lowest BCUT2D eigenvalue weighted by atomic mass is 10.3. The lowest BCUT2D eigenvalue weighted by Crippen LogP contribution is -2.37. The second kappa shape index (κ2) is 8.52. The molecule has 0 fully saturated rings. The van der Waals surface area contributed by atoms with Crippen LogP contribution in [0.3, 0.4) is 0 Å². The number of nitrogens with one attached hydrogen (secondary N) is 1. The zero-order chi connectivity index (χ0) is 15.0. The van der Waals surface area contributed by atoms with Gasteiger partial charge in [0.05, 0.1) is 26.4 Å². The van der Waals surface area contributed by atoms with Crippen LogP contribution in [0.1, 0.15) is 0 Å². The highest BCUT2D eigenvalue weighted by Gasteiger charge is 2.11. The first-order chi connectivity index (χ1) is 9.55. The second-order valence-electron chi connectivity index (χ2n) is 4.59. The molecule has 20 heavy (non-hydrogen) atoms. The molecule has 0 aliphatic carbocycles. The molecule has 112 valence electrons. The Morgan fingerprint density at radius 2 is 2.20 bits per heavy atom. The Morgan fingerprint density at radius 3 is 2.85 bits per heavy atom. The molecule has 0 heterocycles. The normalized spacial score (nSPS) is 12.2. The van der Waals surface area contributed by atoms with Crippen LogP contribution < -0.4 is 10.1 Å². The van der Waals surface area contributed by atoms with Crippen LogP contribution in [0.25, 0.3) is 0 Å². The van der Waals surface area contributed by atoms with E-state index in [9.17, 15) is 9.90 Å². The molecule has 1 atom stereocenters. The number of hydrogen-bond acceptors (Lipinski definition) is 5. The molecule has 1 aromatic rings. The van der Waals surface area contributed by atoms with Gasteiger partial charge in [0.25, 0.3) is 0 Å². The molecule has 0 aliphatic rings. The standard InChI is InChI=1S/C14H22N2O4/c1-16(8-12(17)10-19-2)9-14(18)15-11-5-4-6-13(7-11)20-3/h4-7,12,17H,8-10H2,1-3H3,(H,15,18). The van der Waals surface area contributed by atoms with E-state index in [-0.39, 0.29) is 19.1 Å². The number of carbonyl (C=O) groups excluding carboxylic acids is 1. The Bertz CT molecular complexity index is 425.